The molecule has 0 aliphatic carbocycles. The van der Waals surface area contributed by atoms with Gasteiger partial charge in [0.1, 0.15) is 0 Å². The average molecular weight is 399 g/mol. The Bertz CT molecular complexity index is 836. The van der Waals surface area contributed by atoms with Crippen LogP contribution in [0.4, 0.5) is 5.69 Å². The summed E-state index contributed by atoms with van der Waals surface area (Å²) in [4.78, 5) is 29.0. The fraction of sp³-hybridized carbons (Fsp3) is 0.300. The molecule has 5 heteroatoms. The van der Waals surface area contributed by atoms with Gasteiger partial charge in [0.2, 0.25) is 11.8 Å². The number of para-hydroxylation sites is 1. The molecule has 0 spiro atoms. The van der Waals surface area contributed by atoms with Crippen molar-refractivity contribution in [2.45, 2.75) is 19.4 Å². The van der Waals surface area contributed by atoms with Gasteiger partial charge in [0.05, 0.1) is 11.6 Å². The number of carbonyl (C=O) groups excluding carboxylic acids is 2. The maximum Gasteiger partial charge on any atom is 0.228 e. The number of carbonyl (C=O) groups is 2. The normalized spacial score (nSPS) is 19.9. The SMILES string of the molecule is O=C(C1CC(=O)N(c2ccccc2Br)C1)N1CCc2ccccc2C1. The summed E-state index contributed by atoms with van der Waals surface area (Å²) in [7, 11) is 0. The fourth-order valence-electron chi connectivity index (χ4n) is 3.72. The summed E-state index contributed by atoms with van der Waals surface area (Å²) in [6.45, 7) is 1.84. The molecule has 4 rings (SSSR count). The first-order valence-electron chi connectivity index (χ1n) is 8.54. The van der Waals surface area contributed by atoms with Gasteiger partial charge in [-0.15, -0.1) is 0 Å². The van der Waals surface area contributed by atoms with E-state index >= 15 is 0 Å². The van der Waals surface area contributed by atoms with Crippen molar-refractivity contribution in [1.29, 1.82) is 0 Å². The second-order valence-electron chi connectivity index (χ2n) is 6.64. The molecular formula is C20H19BrN2O2. The summed E-state index contributed by atoms with van der Waals surface area (Å²) < 4.78 is 0.878. The van der Waals surface area contributed by atoms with Crippen molar-refractivity contribution in [2.24, 2.45) is 5.92 Å². The molecule has 2 aliphatic rings. The van der Waals surface area contributed by atoms with Crippen LogP contribution in [0.25, 0.3) is 0 Å². The van der Waals surface area contributed by atoms with Crippen LogP contribution in [0.1, 0.15) is 17.5 Å². The minimum absolute atomic E-state index is 0.0164. The Hall–Kier alpha value is -2.14. The maximum atomic E-state index is 13.0. The minimum atomic E-state index is -0.259. The van der Waals surface area contributed by atoms with Crippen LogP contribution in [-0.4, -0.2) is 29.8 Å². The van der Waals surface area contributed by atoms with E-state index in [0.29, 0.717) is 13.1 Å². The van der Waals surface area contributed by atoms with E-state index in [1.807, 2.05) is 41.3 Å². The van der Waals surface area contributed by atoms with E-state index in [2.05, 4.69) is 28.1 Å². The lowest BCUT2D eigenvalue weighted by Crippen LogP contribution is -2.40. The molecule has 0 bridgehead atoms. The topological polar surface area (TPSA) is 40.6 Å². The van der Waals surface area contributed by atoms with Gasteiger partial charge in [-0.25, -0.2) is 0 Å². The first kappa shape index (κ1) is 16.3. The molecule has 2 aromatic carbocycles. The molecular weight excluding hydrogens is 380 g/mol. The minimum Gasteiger partial charge on any atom is -0.338 e. The van der Waals surface area contributed by atoms with Gasteiger partial charge in [0.25, 0.3) is 0 Å². The van der Waals surface area contributed by atoms with Gasteiger partial charge in [0.15, 0.2) is 0 Å². The summed E-state index contributed by atoms with van der Waals surface area (Å²) >= 11 is 3.50. The van der Waals surface area contributed by atoms with E-state index in [1.54, 1.807) is 4.90 Å². The Kier molecular flexibility index (Phi) is 4.34. The van der Waals surface area contributed by atoms with Crippen molar-refractivity contribution in [1.82, 2.24) is 4.90 Å². The van der Waals surface area contributed by atoms with Gasteiger partial charge in [-0.3, -0.25) is 9.59 Å². The smallest absolute Gasteiger partial charge is 0.228 e. The standard InChI is InChI=1S/C20H19BrN2O2/c21-17-7-3-4-8-18(17)23-13-16(11-19(23)24)20(25)22-10-9-14-5-1-2-6-15(14)12-22/h1-8,16H,9-13H2. The van der Waals surface area contributed by atoms with E-state index in [4.69, 9.17) is 0 Å². The zero-order chi connectivity index (χ0) is 17.4. The highest BCUT2D eigenvalue weighted by molar-refractivity contribution is 9.10. The molecule has 4 nitrogen and oxygen atoms in total. The van der Waals surface area contributed by atoms with Crippen LogP contribution in [0.5, 0.6) is 0 Å². The van der Waals surface area contributed by atoms with Gasteiger partial charge < -0.3 is 9.80 Å². The van der Waals surface area contributed by atoms with Crippen LogP contribution in [0.15, 0.2) is 53.0 Å². The third kappa shape index (κ3) is 3.09. The third-order valence-corrected chi connectivity index (χ3v) is 5.73. The Morgan fingerprint density at radius 1 is 1.04 bits per heavy atom. The van der Waals surface area contributed by atoms with Crippen molar-refractivity contribution in [3.05, 3.63) is 64.1 Å². The van der Waals surface area contributed by atoms with Crippen LogP contribution in [0.3, 0.4) is 0 Å². The lowest BCUT2D eigenvalue weighted by molar-refractivity contribution is -0.136. The molecule has 0 radical (unpaired) electrons. The van der Waals surface area contributed by atoms with Gasteiger partial charge in [0, 0.05) is 30.5 Å². The predicted octanol–water partition coefficient (Wildman–Crippen LogP) is 3.39. The molecule has 2 aliphatic heterocycles. The van der Waals surface area contributed by atoms with E-state index in [1.165, 1.54) is 11.1 Å². The van der Waals surface area contributed by atoms with Crippen molar-refractivity contribution >= 4 is 33.4 Å². The molecule has 1 saturated heterocycles. The Labute approximate surface area is 155 Å². The van der Waals surface area contributed by atoms with Crippen molar-refractivity contribution in [2.75, 3.05) is 18.0 Å². The second-order valence-corrected chi connectivity index (χ2v) is 7.49. The summed E-state index contributed by atoms with van der Waals surface area (Å²) in [5, 5.41) is 0. The van der Waals surface area contributed by atoms with E-state index < -0.39 is 0 Å². The number of hydrogen-bond acceptors (Lipinski definition) is 2. The molecule has 0 N–H and O–H groups in total. The van der Waals surface area contributed by atoms with E-state index in [9.17, 15) is 9.59 Å². The van der Waals surface area contributed by atoms with Crippen LogP contribution in [-0.2, 0) is 22.6 Å². The molecule has 0 aromatic heterocycles. The number of amides is 2. The summed E-state index contributed by atoms with van der Waals surface area (Å²) in [6.07, 6.45) is 1.18. The highest BCUT2D eigenvalue weighted by Crippen LogP contribution is 2.32. The maximum absolute atomic E-state index is 13.0. The summed E-state index contributed by atoms with van der Waals surface area (Å²) in [6, 6.07) is 15.9. The molecule has 1 unspecified atom stereocenters. The number of anilines is 1. The largest absolute Gasteiger partial charge is 0.338 e. The zero-order valence-electron chi connectivity index (χ0n) is 13.8. The van der Waals surface area contributed by atoms with Gasteiger partial charge in [-0.1, -0.05) is 36.4 Å². The fourth-order valence-corrected chi connectivity index (χ4v) is 4.22. The van der Waals surface area contributed by atoms with Crippen molar-refractivity contribution < 1.29 is 9.59 Å². The first-order valence-corrected chi connectivity index (χ1v) is 9.33. The number of hydrogen-bond donors (Lipinski definition) is 0. The predicted molar refractivity (Wildman–Crippen MR) is 100 cm³/mol. The second kappa shape index (κ2) is 6.64. The number of rotatable bonds is 2. The quantitative estimate of drug-likeness (QED) is 0.777. The Morgan fingerprint density at radius 2 is 1.76 bits per heavy atom. The van der Waals surface area contributed by atoms with Gasteiger partial charge in [-0.2, -0.15) is 0 Å². The highest BCUT2D eigenvalue weighted by atomic mass is 79.9. The number of benzene rings is 2. The molecule has 1 fully saturated rings. The number of nitrogens with zero attached hydrogens (tertiary/aromatic N) is 2. The van der Waals surface area contributed by atoms with Crippen LogP contribution >= 0.6 is 15.9 Å². The number of halogens is 1. The zero-order valence-corrected chi connectivity index (χ0v) is 15.4. The van der Waals surface area contributed by atoms with Crippen LogP contribution in [0.2, 0.25) is 0 Å². The highest BCUT2D eigenvalue weighted by Gasteiger charge is 2.38. The summed E-state index contributed by atoms with van der Waals surface area (Å²) in [5.74, 6) is -0.148. The summed E-state index contributed by atoms with van der Waals surface area (Å²) in [5.41, 5.74) is 3.38. The lowest BCUT2D eigenvalue weighted by Gasteiger charge is -2.30. The molecule has 2 aromatic rings. The molecule has 128 valence electrons. The first-order chi connectivity index (χ1) is 12.1. The van der Waals surface area contributed by atoms with Gasteiger partial charge >= 0.3 is 0 Å². The van der Waals surface area contributed by atoms with Crippen LogP contribution in [0, 0.1) is 5.92 Å². The van der Waals surface area contributed by atoms with Crippen LogP contribution < -0.4 is 4.90 Å². The molecule has 25 heavy (non-hydrogen) atoms. The molecule has 2 amide bonds. The molecule has 1 atom stereocenters. The Morgan fingerprint density at radius 3 is 2.56 bits per heavy atom. The lowest BCUT2D eigenvalue weighted by atomic mass is 9.98. The molecule has 0 saturated carbocycles. The molecule has 2 heterocycles. The monoisotopic (exact) mass is 398 g/mol. The van der Waals surface area contributed by atoms with Gasteiger partial charge in [-0.05, 0) is 45.6 Å². The third-order valence-electron chi connectivity index (χ3n) is 5.06. The average Bonchev–Trinajstić information content (AvgIpc) is 3.02. The number of fused-ring (bicyclic) bond motifs is 1. The van der Waals surface area contributed by atoms with E-state index in [-0.39, 0.29) is 24.2 Å². The van der Waals surface area contributed by atoms with Crippen molar-refractivity contribution in [3.63, 3.8) is 0 Å². The van der Waals surface area contributed by atoms with Crippen molar-refractivity contribution in [3.8, 4) is 0 Å². The Balaban J connectivity index is 1.49. The van der Waals surface area contributed by atoms with E-state index in [0.717, 1.165) is 23.1 Å².